The Bertz CT molecular complexity index is 3050. The van der Waals surface area contributed by atoms with Gasteiger partial charge < -0.3 is 4.90 Å². The van der Waals surface area contributed by atoms with Gasteiger partial charge in [-0.1, -0.05) is 111 Å². The summed E-state index contributed by atoms with van der Waals surface area (Å²) in [5.74, 6) is 0. The Morgan fingerprint density at radius 2 is 0.981 bits per heavy atom. The van der Waals surface area contributed by atoms with E-state index in [4.69, 9.17) is 0 Å². The van der Waals surface area contributed by atoms with E-state index < -0.39 is 0 Å². The van der Waals surface area contributed by atoms with Crippen LogP contribution < -0.4 is 4.90 Å². The largest absolute Gasteiger partial charge is 0.310 e. The Balaban J connectivity index is 1.03. The summed E-state index contributed by atoms with van der Waals surface area (Å²) in [4.78, 5) is 2.44. The zero-order valence-electron chi connectivity index (χ0n) is 28.9. The maximum Gasteiger partial charge on any atom is 0.0476 e. The molecule has 0 fully saturated rings. The van der Waals surface area contributed by atoms with Crippen LogP contribution in [0.15, 0.2) is 164 Å². The normalized spacial score (nSPS) is 13.3. The molecular formula is C49H33NS2. The van der Waals surface area contributed by atoms with Gasteiger partial charge in [0.15, 0.2) is 0 Å². The molecule has 0 saturated heterocycles. The number of rotatable bonds is 4. The van der Waals surface area contributed by atoms with Gasteiger partial charge in [0.1, 0.15) is 0 Å². The molecule has 0 unspecified atom stereocenters. The molecule has 0 N–H and O–H groups in total. The predicted octanol–water partition coefficient (Wildman–Crippen LogP) is 15.0. The van der Waals surface area contributed by atoms with Crippen LogP contribution in [0.3, 0.4) is 0 Å². The molecule has 0 radical (unpaired) electrons. The van der Waals surface area contributed by atoms with Gasteiger partial charge in [-0.05, 0) is 111 Å². The smallest absolute Gasteiger partial charge is 0.0476 e. The third-order valence-electron chi connectivity index (χ3n) is 11.2. The van der Waals surface area contributed by atoms with Gasteiger partial charge in [-0.15, -0.1) is 22.7 Å². The maximum atomic E-state index is 2.44. The van der Waals surface area contributed by atoms with E-state index in [9.17, 15) is 0 Å². The van der Waals surface area contributed by atoms with Crippen molar-refractivity contribution in [1.29, 1.82) is 0 Å². The standard InChI is InChI=1S/C49H33NS2/c1-49(2)43-12-6-3-9-37(43)38-23-21-35(28-44(38)49)50(36-22-24-41-39-10-4-7-13-45(39)52-48(41)29-36)34-19-17-30(18-20-34)31-15-16-32-26-42-40-11-5-8-14-46(40)51-47(42)27-33(32)25-31/h3-29H,1-2H3. The average Bonchev–Trinajstić information content (AvgIpc) is 3.81. The van der Waals surface area contributed by atoms with Crippen LogP contribution in [0.4, 0.5) is 17.1 Å². The number of thiophene rings is 2. The first-order valence-electron chi connectivity index (χ1n) is 17.9. The summed E-state index contributed by atoms with van der Waals surface area (Å²) in [5, 5.41) is 7.89. The zero-order valence-corrected chi connectivity index (χ0v) is 30.5. The zero-order chi connectivity index (χ0) is 34.6. The minimum Gasteiger partial charge on any atom is -0.310 e. The van der Waals surface area contributed by atoms with E-state index >= 15 is 0 Å². The molecule has 0 aliphatic heterocycles. The van der Waals surface area contributed by atoms with E-state index in [1.807, 2.05) is 22.7 Å². The van der Waals surface area contributed by atoms with Gasteiger partial charge in [-0.3, -0.25) is 0 Å². The highest BCUT2D eigenvalue weighted by atomic mass is 32.1. The number of hydrogen-bond acceptors (Lipinski definition) is 3. The summed E-state index contributed by atoms with van der Waals surface area (Å²) in [7, 11) is 0. The van der Waals surface area contributed by atoms with Crippen LogP contribution >= 0.6 is 22.7 Å². The average molecular weight is 700 g/mol. The third-order valence-corrected chi connectivity index (χ3v) is 13.5. The van der Waals surface area contributed by atoms with Gasteiger partial charge in [0, 0.05) is 62.8 Å². The molecule has 1 aliphatic rings. The fraction of sp³-hybridized carbons (Fsp3) is 0.0612. The second-order valence-electron chi connectivity index (χ2n) is 14.6. The first-order chi connectivity index (χ1) is 25.5. The topological polar surface area (TPSA) is 3.24 Å². The van der Waals surface area contributed by atoms with Crippen molar-refractivity contribution in [2.45, 2.75) is 19.3 Å². The van der Waals surface area contributed by atoms with E-state index in [1.54, 1.807) is 0 Å². The number of nitrogens with zero attached hydrogens (tertiary/aromatic N) is 1. The molecule has 2 aromatic heterocycles. The SMILES string of the molecule is CC1(C)c2ccccc2-c2ccc(N(c3ccc(-c4ccc5cc6c(cc5c4)sc4ccccc46)cc3)c3ccc4c(c3)sc3ccccc34)cc21. The molecule has 1 aliphatic carbocycles. The Kier molecular flexibility index (Phi) is 6.41. The van der Waals surface area contributed by atoms with Crippen molar-refractivity contribution >= 4 is 90.9 Å². The molecule has 10 aromatic rings. The van der Waals surface area contributed by atoms with E-state index in [-0.39, 0.29) is 5.41 Å². The quantitative estimate of drug-likeness (QED) is 0.177. The molecule has 246 valence electrons. The lowest BCUT2D eigenvalue weighted by atomic mass is 9.82. The molecule has 11 rings (SSSR count). The van der Waals surface area contributed by atoms with Crippen molar-refractivity contribution in [3.63, 3.8) is 0 Å². The van der Waals surface area contributed by atoms with E-state index in [0.29, 0.717) is 0 Å². The lowest BCUT2D eigenvalue weighted by molar-refractivity contribution is 0.660. The minimum atomic E-state index is -0.0790. The van der Waals surface area contributed by atoms with Crippen molar-refractivity contribution in [3.05, 3.63) is 175 Å². The molecule has 8 aromatic carbocycles. The lowest BCUT2D eigenvalue weighted by Gasteiger charge is -2.28. The van der Waals surface area contributed by atoms with Gasteiger partial charge in [0.05, 0.1) is 0 Å². The summed E-state index contributed by atoms with van der Waals surface area (Å²) < 4.78 is 5.31. The van der Waals surface area contributed by atoms with Crippen molar-refractivity contribution in [2.75, 3.05) is 4.90 Å². The van der Waals surface area contributed by atoms with Crippen molar-refractivity contribution < 1.29 is 0 Å². The van der Waals surface area contributed by atoms with Crippen LogP contribution in [-0.4, -0.2) is 0 Å². The summed E-state index contributed by atoms with van der Waals surface area (Å²) in [6.07, 6.45) is 0. The molecule has 0 spiro atoms. The van der Waals surface area contributed by atoms with Crippen LogP contribution in [0.25, 0.3) is 73.4 Å². The molecule has 0 amide bonds. The second kappa shape index (κ2) is 11.1. The molecule has 0 atom stereocenters. The Labute approximate surface area is 310 Å². The molecular weight excluding hydrogens is 667 g/mol. The number of benzene rings is 8. The second-order valence-corrected chi connectivity index (χ2v) is 16.7. The molecule has 0 bridgehead atoms. The molecule has 1 nitrogen and oxygen atoms in total. The van der Waals surface area contributed by atoms with Crippen molar-refractivity contribution in [3.8, 4) is 22.3 Å². The molecule has 0 saturated carbocycles. The molecule has 2 heterocycles. The van der Waals surface area contributed by atoms with E-state index in [2.05, 4.69) is 183 Å². The third kappa shape index (κ3) is 4.46. The number of anilines is 3. The fourth-order valence-electron chi connectivity index (χ4n) is 8.58. The highest BCUT2D eigenvalue weighted by Gasteiger charge is 2.35. The van der Waals surface area contributed by atoms with Crippen LogP contribution in [-0.2, 0) is 5.41 Å². The summed E-state index contributed by atoms with van der Waals surface area (Å²) in [5.41, 5.74) is 11.3. The predicted molar refractivity (Wildman–Crippen MR) is 227 cm³/mol. The molecule has 3 heteroatoms. The summed E-state index contributed by atoms with van der Waals surface area (Å²) >= 11 is 3.75. The monoisotopic (exact) mass is 699 g/mol. The first kappa shape index (κ1) is 29.9. The summed E-state index contributed by atoms with van der Waals surface area (Å²) in [6.45, 7) is 4.72. The van der Waals surface area contributed by atoms with Crippen molar-refractivity contribution in [1.82, 2.24) is 0 Å². The maximum absolute atomic E-state index is 2.44. The van der Waals surface area contributed by atoms with E-state index in [0.717, 1.165) is 11.4 Å². The van der Waals surface area contributed by atoms with Gasteiger partial charge in [0.2, 0.25) is 0 Å². The van der Waals surface area contributed by atoms with E-state index in [1.165, 1.54) is 90.2 Å². The number of fused-ring (bicyclic) bond motifs is 10. The van der Waals surface area contributed by atoms with Crippen LogP contribution in [0.5, 0.6) is 0 Å². The number of hydrogen-bond donors (Lipinski definition) is 0. The Hall–Kier alpha value is -5.74. The first-order valence-corrected chi connectivity index (χ1v) is 19.5. The molecule has 52 heavy (non-hydrogen) atoms. The van der Waals surface area contributed by atoms with Gasteiger partial charge in [0.25, 0.3) is 0 Å². The summed E-state index contributed by atoms with van der Waals surface area (Å²) in [6, 6.07) is 61.2. The Morgan fingerprint density at radius 1 is 0.385 bits per heavy atom. The lowest BCUT2D eigenvalue weighted by Crippen LogP contribution is -2.16. The van der Waals surface area contributed by atoms with Crippen molar-refractivity contribution in [2.24, 2.45) is 0 Å². The highest BCUT2D eigenvalue weighted by molar-refractivity contribution is 7.26. The Morgan fingerprint density at radius 3 is 1.79 bits per heavy atom. The van der Waals surface area contributed by atoms with Crippen LogP contribution in [0.1, 0.15) is 25.0 Å². The minimum absolute atomic E-state index is 0.0790. The van der Waals surface area contributed by atoms with Gasteiger partial charge in [-0.25, -0.2) is 0 Å². The fourth-order valence-corrected chi connectivity index (χ4v) is 10.9. The van der Waals surface area contributed by atoms with Crippen LogP contribution in [0, 0.1) is 0 Å². The highest BCUT2D eigenvalue weighted by Crippen LogP contribution is 2.51. The van der Waals surface area contributed by atoms with Gasteiger partial charge in [-0.2, -0.15) is 0 Å². The van der Waals surface area contributed by atoms with Crippen LogP contribution in [0.2, 0.25) is 0 Å². The van der Waals surface area contributed by atoms with Gasteiger partial charge >= 0.3 is 0 Å².